The molecule has 0 saturated heterocycles. The van der Waals surface area contributed by atoms with E-state index in [1.165, 1.54) is 11.3 Å². The molecule has 1 aromatic carbocycles. The number of fused-ring (bicyclic) bond motifs is 1. The zero-order valence-corrected chi connectivity index (χ0v) is 18.6. The topological polar surface area (TPSA) is 80.3 Å². The van der Waals surface area contributed by atoms with Crippen molar-refractivity contribution in [3.8, 4) is 5.75 Å². The number of amides is 2. The van der Waals surface area contributed by atoms with Gasteiger partial charge in [-0.2, -0.15) is 0 Å². The SMILES string of the molecule is CC(Oc1ccccc1Cl)C(=O)Nc1sc2c(c1C(=O)NCc1cccnc1)CCC2. The number of benzene rings is 1. The number of aryl methyl sites for hydroxylation is 1. The molecule has 0 fully saturated rings. The summed E-state index contributed by atoms with van der Waals surface area (Å²) in [5.41, 5.74) is 2.50. The molecule has 1 aliphatic carbocycles. The van der Waals surface area contributed by atoms with Crippen LogP contribution in [0.1, 0.15) is 39.7 Å². The van der Waals surface area contributed by atoms with Gasteiger partial charge in [-0.25, -0.2) is 0 Å². The third-order valence-corrected chi connectivity index (χ3v) is 6.59. The van der Waals surface area contributed by atoms with Gasteiger partial charge in [0.15, 0.2) is 6.10 Å². The third kappa shape index (κ3) is 4.89. The Bertz CT molecular complexity index is 1100. The number of para-hydroxylation sites is 1. The molecule has 2 heterocycles. The van der Waals surface area contributed by atoms with Crippen molar-refractivity contribution in [2.24, 2.45) is 0 Å². The number of nitrogens with zero attached hydrogens (tertiary/aromatic N) is 1. The lowest BCUT2D eigenvalue weighted by Crippen LogP contribution is -2.31. The highest BCUT2D eigenvalue weighted by molar-refractivity contribution is 7.17. The summed E-state index contributed by atoms with van der Waals surface area (Å²) < 4.78 is 5.72. The summed E-state index contributed by atoms with van der Waals surface area (Å²) in [6.45, 7) is 2.03. The Labute approximate surface area is 189 Å². The van der Waals surface area contributed by atoms with Gasteiger partial charge >= 0.3 is 0 Å². The van der Waals surface area contributed by atoms with Crippen LogP contribution in [0.3, 0.4) is 0 Å². The highest BCUT2D eigenvalue weighted by atomic mass is 35.5. The number of carbonyl (C=O) groups excluding carboxylic acids is 2. The normalized spacial score (nSPS) is 13.4. The van der Waals surface area contributed by atoms with Gasteiger partial charge in [-0.05, 0) is 55.5 Å². The van der Waals surface area contributed by atoms with Gasteiger partial charge in [-0.15, -0.1) is 11.3 Å². The van der Waals surface area contributed by atoms with Crippen LogP contribution in [0.25, 0.3) is 0 Å². The molecule has 2 aromatic heterocycles. The largest absolute Gasteiger partial charge is 0.479 e. The maximum atomic E-state index is 13.0. The van der Waals surface area contributed by atoms with Gasteiger partial charge in [0.05, 0.1) is 10.6 Å². The lowest BCUT2D eigenvalue weighted by molar-refractivity contribution is -0.122. The Morgan fingerprint density at radius 3 is 2.84 bits per heavy atom. The summed E-state index contributed by atoms with van der Waals surface area (Å²) in [5.74, 6) is -0.0886. The summed E-state index contributed by atoms with van der Waals surface area (Å²) in [6, 6.07) is 10.7. The minimum absolute atomic E-state index is 0.196. The number of hydrogen-bond acceptors (Lipinski definition) is 5. The minimum Gasteiger partial charge on any atom is -0.479 e. The van der Waals surface area contributed by atoms with E-state index in [4.69, 9.17) is 16.3 Å². The molecule has 31 heavy (non-hydrogen) atoms. The summed E-state index contributed by atoms with van der Waals surface area (Å²) in [4.78, 5) is 31.0. The molecule has 160 valence electrons. The van der Waals surface area contributed by atoms with Crippen molar-refractivity contribution < 1.29 is 14.3 Å². The fourth-order valence-corrected chi connectivity index (χ4v) is 4.97. The Hall–Kier alpha value is -2.90. The first-order chi connectivity index (χ1) is 15.0. The first kappa shape index (κ1) is 21.3. The molecular formula is C23H22ClN3O3S. The maximum Gasteiger partial charge on any atom is 0.265 e. The summed E-state index contributed by atoms with van der Waals surface area (Å²) >= 11 is 7.59. The van der Waals surface area contributed by atoms with Crippen molar-refractivity contribution in [3.63, 3.8) is 0 Å². The molecule has 3 aromatic rings. The van der Waals surface area contributed by atoms with Gasteiger partial charge in [-0.3, -0.25) is 14.6 Å². The molecule has 8 heteroatoms. The lowest BCUT2D eigenvalue weighted by atomic mass is 10.1. The van der Waals surface area contributed by atoms with Crippen LogP contribution in [-0.4, -0.2) is 22.9 Å². The van der Waals surface area contributed by atoms with E-state index in [1.807, 2.05) is 12.1 Å². The van der Waals surface area contributed by atoms with E-state index in [2.05, 4.69) is 15.6 Å². The van der Waals surface area contributed by atoms with Gasteiger partial charge < -0.3 is 15.4 Å². The zero-order valence-electron chi connectivity index (χ0n) is 17.0. The molecule has 0 aliphatic heterocycles. The molecule has 0 bridgehead atoms. The number of ether oxygens (including phenoxy) is 1. The van der Waals surface area contributed by atoms with Crippen LogP contribution in [0.2, 0.25) is 5.02 Å². The average molecular weight is 456 g/mol. The number of halogens is 1. The minimum atomic E-state index is -0.775. The summed E-state index contributed by atoms with van der Waals surface area (Å²) in [5, 5.41) is 6.85. The number of hydrogen-bond donors (Lipinski definition) is 2. The van der Waals surface area contributed by atoms with E-state index in [9.17, 15) is 9.59 Å². The van der Waals surface area contributed by atoms with Gasteiger partial charge in [0, 0.05) is 23.8 Å². The fraction of sp³-hybridized carbons (Fsp3) is 0.261. The molecule has 1 unspecified atom stereocenters. The van der Waals surface area contributed by atoms with Gasteiger partial charge in [0.2, 0.25) is 0 Å². The number of rotatable bonds is 7. The molecule has 1 atom stereocenters. The predicted octanol–water partition coefficient (Wildman–Crippen LogP) is 4.62. The molecule has 0 radical (unpaired) electrons. The van der Waals surface area contributed by atoms with Crippen LogP contribution in [-0.2, 0) is 24.2 Å². The van der Waals surface area contributed by atoms with E-state index in [-0.39, 0.29) is 11.8 Å². The van der Waals surface area contributed by atoms with Crippen molar-refractivity contribution in [1.82, 2.24) is 10.3 Å². The Kier molecular flexibility index (Phi) is 6.53. The van der Waals surface area contributed by atoms with Crippen LogP contribution in [0, 0.1) is 0 Å². The Morgan fingerprint density at radius 1 is 1.23 bits per heavy atom. The number of pyridine rings is 1. The lowest BCUT2D eigenvalue weighted by Gasteiger charge is -2.16. The van der Waals surface area contributed by atoms with Crippen LogP contribution < -0.4 is 15.4 Å². The first-order valence-electron chi connectivity index (χ1n) is 10.1. The number of aromatic nitrogens is 1. The first-order valence-corrected chi connectivity index (χ1v) is 11.3. The standard InChI is InChI=1S/C23H22ClN3O3S/c1-14(30-18-9-3-2-8-17(18)24)21(28)27-23-20(16-7-4-10-19(16)31-23)22(29)26-13-15-6-5-11-25-12-15/h2-3,5-6,8-9,11-12,14H,4,7,10,13H2,1H3,(H,26,29)(H,27,28). The van der Waals surface area contributed by atoms with Crippen molar-refractivity contribution in [1.29, 1.82) is 0 Å². The quantitative estimate of drug-likeness (QED) is 0.544. The molecule has 4 rings (SSSR count). The average Bonchev–Trinajstić information content (AvgIpc) is 3.35. The monoisotopic (exact) mass is 455 g/mol. The fourth-order valence-electron chi connectivity index (χ4n) is 3.50. The third-order valence-electron chi connectivity index (χ3n) is 5.07. The van der Waals surface area contributed by atoms with Crippen LogP contribution in [0.15, 0.2) is 48.8 Å². The smallest absolute Gasteiger partial charge is 0.265 e. The van der Waals surface area contributed by atoms with Crippen LogP contribution >= 0.6 is 22.9 Å². The van der Waals surface area contributed by atoms with Crippen molar-refractivity contribution in [2.45, 2.75) is 38.8 Å². The molecule has 6 nitrogen and oxygen atoms in total. The van der Waals surface area contributed by atoms with E-state index in [0.717, 1.165) is 35.3 Å². The number of anilines is 1. The van der Waals surface area contributed by atoms with Gasteiger partial charge in [0.25, 0.3) is 11.8 Å². The van der Waals surface area contributed by atoms with E-state index in [0.29, 0.717) is 27.9 Å². The van der Waals surface area contributed by atoms with E-state index in [1.54, 1.807) is 43.6 Å². The predicted molar refractivity (Wildman–Crippen MR) is 122 cm³/mol. The van der Waals surface area contributed by atoms with Crippen molar-refractivity contribution in [3.05, 3.63) is 75.4 Å². The highest BCUT2D eigenvalue weighted by Crippen LogP contribution is 2.39. The second-order valence-electron chi connectivity index (χ2n) is 7.29. The molecular weight excluding hydrogens is 434 g/mol. The molecule has 1 aliphatic rings. The molecule has 2 amide bonds. The zero-order chi connectivity index (χ0) is 21.8. The molecule has 2 N–H and O–H groups in total. The van der Waals surface area contributed by atoms with E-state index >= 15 is 0 Å². The van der Waals surface area contributed by atoms with Gasteiger partial charge in [0.1, 0.15) is 10.8 Å². The van der Waals surface area contributed by atoms with Crippen LogP contribution in [0.5, 0.6) is 5.75 Å². The maximum absolute atomic E-state index is 13.0. The molecule has 0 spiro atoms. The Morgan fingerprint density at radius 2 is 2.06 bits per heavy atom. The van der Waals surface area contributed by atoms with Gasteiger partial charge in [-0.1, -0.05) is 29.8 Å². The summed E-state index contributed by atoms with van der Waals surface area (Å²) in [7, 11) is 0. The Balaban J connectivity index is 1.48. The number of thiophene rings is 1. The highest BCUT2D eigenvalue weighted by Gasteiger charge is 2.28. The van der Waals surface area contributed by atoms with Crippen molar-refractivity contribution >= 4 is 39.8 Å². The van der Waals surface area contributed by atoms with E-state index < -0.39 is 6.10 Å². The molecule has 0 saturated carbocycles. The van der Waals surface area contributed by atoms with Crippen LogP contribution in [0.4, 0.5) is 5.00 Å². The second kappa shape index (κ2) is 9.49. The number of carbonyl (C=O) groups is 2. The summed E-state index contributed by atoms with van der Waals surface area (Å²) in [6.07, 6.45) is 5.41. The second-order valence-corrected chi connectivity index (χ2v) is 8.80. The number of nitrogens with one attached hydrogen (secondary N) is 2. The van der Waals surface area contributed by atoms with Crippen molar-refractivity contribution in [2.75, 3.05) is 5.32 Å².